The highest BCUT2D eigenvalue weighted by Gasteiger charge is 2.11. The molecule has 0 fully saturated rings. The first-order valence-corrected chi connectivity index (χ1v) is 7.33. The first-order chi connectivity index (χ1) is 8.11. The van der Waals surface area contributed by atoms with E-state index in [9.17, 15) is 0 Å². The summed E-state index contributed by atoms with van der Waals surface area (Å²) in [6, 6.07) is 2.21. The minimum absolute atomic E-state index is 0.865. The zero-order valence-corrected chi connectivity index (χ0v) is 12.6. The number of hydrogen-bond acceptors (Lipinski definition) is 0. The lowest BCUT2D eigenvalue weighted by molar-refractivity contribution is 0.779. The molecule has 17 heavy (non-hydrogen) atoms. The lowest BCUT2D eigenvalue weighted by Gasteiger charge is -2.13. The SMILES string of the molecule is CCCCc1cc(CCCC)c(Cl)c(C)c1Cl. The van der Waals surface area contributed by atoms with E-state index in [0.29, 0.717) is 0 Å². The third kappa shape index (κ3) is 3.89. The molecule has 0 spiro atoms. The maximum Gasteiger partial charge on any atom is 0.0482 e. The third-order valence-corrected chi connectivity index (χ3v) is 4.22. The van der Waals surface area contributed by atoms with Gasteiger partial charge >= 0.3 is 0 Å². The highest BCUT2D eigenvalue weighted by Crippen LogP contribution is 2.32. The fourth-order valence-corrected chi connectivity index (χ4v) is 2.55. The predicted octanol–water partition coefficient (Wildman–Crippen LogP) is 5.99. The molecule has 0 saturated heterocycles. The highest BCUT2D eigenvalue weighted by atomic mass is 35.5. The van der Waals surface area contributed by atoms with Gasteiger partial charge in [0.1, 0.15) is 0 Å². The van der Waals surface area contributed by atoms with Gasteiger partial charge < -0.3 is 0 Å². The molecule has 0 aliphatic heterocycles. The summed E-state index contributed by atoms with van der Waals surface area (Å²) >= 11 is 12.7. The van der Waals surface area contributed by atoms with Gasteiger partial charge in [-0.1, -0.05) is 56.0 Å². The molecule has 1 aromatic carbocycles. The Labute approximate surface area is 115 Å². The van der Waals surface area contributed by atoms with Gasteiger partial charge in [-0.2, -0.15) is 0 Å². The molecule has 1 aromatic rings. The van der Waals surface area contributed by atoms with E-state index in [-0.39, 0.29) is 0 Å². The monoisotopic (exact) mass is 272 g/mol. The van der Waals surface area contributed by atoms with Crippen molar-refractivity contribution < 1.29 is 0 Å². The fraction of sp³-hybridized carbons (Fsp3) is 0.600. The van der Waals surface area contributed by atoms with Crippen LogP contribution < -0.4 is 0 Å². The van der Waals surface area contributed by atoms with Gasteiger partial charge in [0, 0.05) is 10.0 Å². The van der Waals surface area contributed by atoms with E-state index in [4.69, 9.17) is 23.2 Å². The van der Waals surface area contributed by atoms with Crippen LogP contribution in [0.3, 0.4) is 0 Å². The molecule has 0 atom stereocenters. The van der Waals surface area contributed by atoms with E-state index < -0.39 is 0 Å². The van der Waals surface area contributed by atoms with Crippen LogP contribution in [-0.2, 0) is 12.8 Å². The Balaban J connectivity index is 3.01. The minimum atomic E-state index is 0.865. The Morgan fingerprint density at radius 2 is 1.29 bits per heavy atom. The fourth-order valence-electron chi connectivity index (χ4n) is 2.01. The van der Waals surface area contributed by atoms with Gasteiger partial charge in [-0.05, 0) is 49.3 Å². The van der Waals surface area contributed by atoms with Crippen molar-refractivity contribution in [2.45, 2.75) is 59.3 Å². The maximum absolute atomic E-state index is 6.36. The summed E-state index contributed by atoms with van der Waals surface area (Å²) in [5, 5.41) is 1.73. The lowest BCUT2D eigenvalue weighted by Crippen LogP contribution is -1.96. The first kappa shape index (κ1) is 14.9. The molecule has 0 radical (unpaired) electrons. The molecule has 0 unspecified atom stereocenters. The quantitative estimate of drug-likeness (QED) is 0.597. The minimum Gasteiger partial charge on any atom is -0.0837 e. The molecule has 0 aliphatic rings. The van der Waals surface area contributed by atoms with E-state index in [2.05, 4.69) is 19.9 Å². The van der Waals surface area contributed by atoms with Crippen molar-refractivity contribution in [3.05, 3.63) is 32.8 Å². The zero-order chi connectivity index (χ0) is 12.8. The Hall–Kier alpha value is -0.200. The van der Waals surface area contributed by atoms with Crippen LogP contribution in [-0.4, -0.2) is 0 Å². The highest BCUT2D eigenvalue weighted by molar-refractivity contribution is 6.36. The van der Waals surface area contributed by atoms with Gasteiger partial charge in [-0.25, -0.2) is 0 Å². The number of rotatable bonds is 6. The van der Waals surface area contributed by atoms with E-state index in [0.717, 1.165) is 28.5 Å². The van der Waals surface area contributed by atoms with Crippen molar-refractivity contribution in [3.63, 3.8) is 0 Å². The summed E-state index contributed by atoms with van der Waals surface area (Å²) in [7, 11) is 0. The summed E-state index contributed by atoms with van der Waals surface area (Å²) in [5.74, 6) is 0. The molecule has 0 amide bonds. The summed E-state index contributed by atoms with van der Waals surface area (Å²) in [4.78, 5) is 0. The van der Waals surface area contributed by atoms with Gasteiger partial charge in [0.2, 0.25) is 0 Å². The number of benzene rings is 1. The molecule has 1 rings (SSSR count). The van der Waals surface area contributed by atoms with E-state index >= 15 is 0 Å². The predicted molar refractivity (Wildman–Crippen MR) is 78.4 cm³/mol. The smallest absolute Gasteiger partial charge is 0.0482 e. The average Bonchev–Trinajstić information content (AvgIpc) is 2.34. The van der Waals surface area contributed by atoms with E-state index in [1.54, 1.807) is 0 Å². The normalized spacial score (nSPS) is 10.9. The largest absolute Gasteiger partial charge is 0.0837 e. The Morgan fingerprint density at radius 3 is 1.65 bits per heavy atom. The van der Waals surface area contributed by atoms with Gasteiger partial charge in [-0.3, -0.25) is 0 Å². The van der Waals surface area contributed by atoms with Crippen LogP contribution in [0.4, 0.5) is 0 Å². The van der Waals surface area contributed by atoms with Crippen LogP contribution >= 0.6 is 23.2 Å². The second-order valence-electron chi connectivity index (χ2n) is 4.65. The van der Waals surface area contributed by atoms with Crippen LogP contribution in [0.5, 0.6) is 0 Å². The molecule has 0 heterocycles. The van der Waals surface area contributed by atoms with Crippen LogP contribution in [0.25, 0.3) is 0 Å². The maximum atomic E-state index is 6.36. The zero-order valence-electron chi connectivity index (χ0n) is 11.1. The summed E-state index contributed by atoms with van der Waals surface area (Å²) < 4.78 is 0. The van der Waals surface area contributed by atoms with E-state index in [1.807, 2.05) is 6.92 Å². The number of aryl methyl sites for hydroxylation is 2. The van der Waals surface area contributed by atoms with Crippen LogP contribution in [0.2, 0.25) is 10.0 Å². The molecule has 0 N–H and O–H groups in total. The van der Waals surface area contributed by atoms with Crippen LogP contribution in [0.15, 0.2) is 6.07 Å². The summed E-state index contributed by atoms with van der Waals surface area (Å²) in [5.41, 5.74) is 3.58. The molecule has 0 bridgehead atoms. The Morgan fingerprint density at radius 1 is 0.882 bits per heavy atom. The molecule has 2 heteroatoms. The van der Waals surface area contributed by atoms with Crippen molar-refractivity contribution in [1.82, 2.24) is 0 Å². The molecule has 0 saturated carbocycles. The van der Waals surface area contributed by atoms with Crippen molar-refractivity contribution in [1.29, 1.82) is 0 Å². The van der Waals surface area contributed by atoms with Gasteiger partial charge in [-0.15, -0.1) is 0 Å². The Bertz CT molecular complexity index is 337. The molecular weight excluding hydrogens is 251 g/mol. The average molecular weight is 273 g/mol. The second kappa shape index (κ2) is 7.28. The van der Waals surface area contributed by atoms with Gasteiger partial charge in [0.05, 0.1) is 0 Å². The number of unbranched alkanes of at least 4 members (excludes halogenated alkanes) is 2. The number of hydrogen-bond donors (Lipinski definition) is 0. The first-order valence-electron chi connectivity index (χ1n) is 6.58. The van der Waals surface area contributed by atoms with Crippen molar-refractivity contribution in [2.75, 3.05) is 0 Å². The summed E-state index contributed by atoms with van der Waals surface area (Å²) in [6.45, 7) is 6.43. The molecule has 0 aromatic heterocycles. The second-order valence-corrected chi connectivity index (χ2v) is 5.41. The molecule has 96 valence electrons. The molecule has 0 nitrogen and oxygen atoms in total. The molecular formula is C15H22Cl2. The van der Waals surface area contributed by atoms with Crippen molar-refractivity contribution in [2.24, 2.45) is 0 Å². The third-order valence-electron chi connectivity index (χ3n) is 3.17. The number of halogens is 2. The van der Waals surface area contributed by atoms with Gasteiger partial charge in [0.25, 0.3) is 0 Å². The molecule has 0 aliphatic carbocycles. The standard InChI is InChI=1S/C15H22Cl2/c1-4-6-8-12-10-13(9-7-5-2)15(17)11(3)14(12)16/h10H,4-9H2,1-3H3. The van der Waals surface area contributed by atoms with E-state index in [1.165, 1.54) is 36.8 Å². The van der Waals surface area contributed by atoms with Crippen LogP contribution in [0, 0.1) is 6.92 Å². The van der Waals surface area contributed by atoms with Gasteiger partial charge in [0.15, 0.2) is 0 Å². The topological polar surface area (TPSA) is 0 Å². The lowest BCUT2D eigenvalue weighted by atomic mass is 9.99. The Kier molecular flexibility index (Phi) is 6.37. The van der Waals surface area contributed by atoms with Crippen molar-refractivity contribution >= 4 is 23.2 Å². The van der Waals surface area contributed by atoms with Crippen molar-refractivity contribution in [3.8, 4) is 0 Å². The summed E-state index contributed by atoms with van der Waals surface area (Å²) in [6.07, 6.45) is 6.89. The van der Waals surface area contributed by atoms with Crippen LogP contribution in [0.1, 0.15) is 56.2 Å².